The van der Waals surface area contributed by atoms with E-state index in [1.54, 1.807) is 6.92 Å². The molecular weight excluding hydrogens is 227 g/mol. The minimum Gasteiger partial charge on any atom is -0.748 e. The standard InChI is InChI=1S/C9H20O4S.Na/c1-8(10)6-4-3-5-7-9(2)14(11,12)13;/h8-10H,3-7H2,1-2H3,(H,11,12,13);/q;+1/p-1. The van der Waals surface area contributed by atoms with Crippen LogP contribution in [0.2, 0.25) is 0 Å². The summed E-state index contributed by atoms with van der Waals surface area (Å²) in [5.41, 5.74) is 0. The van der Waals surface area contributed by atoms with Crippen molar-refractivity contribution in [2.75, 3.05) is 0 Å². The molecule has 4 nitrogen and oxygen atoms in total. The fraction of sp³-hybridized carbons (Fsp3) is 1.00. The van der Waals surface area contributed by atoms with Gasteiger partial charge in [-0.05, 0) is 26.7 Å². The molecule has 0 amide bonds. The summed E-state index contributed by atoms with van der Waals surface area (Å²) in [4.78, 5) is 0. The Kier molecular flexibility index (Phi) is 10.9. The van der Waals surface area contributed by atoms with Crippen molar-refractivity contribution in [2.45, 2.75) is 57.3 Å². The van der Waals surface area contributed by atoms with Crippen molar-refractivity contribution in [3.05, 3.63) is 0 Å². The Balaban J connectivity index is 0. The molecule has 0 fully saturated rings. The zero-order valence-electron chi connectivity index (χ0n) is 9.77. The van der Waals surface area contributed by atoms with Crippen molar-refractivity contribution in [1.29, 1.82) is 0 Å². The van der Waals surface area contributed by atoms with E-state index in [9.17, 15) is 13.0 Å². The SMILES string of the molecule is CC(O)CCCCCC(C)S(=O)(=O)[O-].[Na+]. The first-order chi connectivity index (χ1) is 6.34. The van der Waals surface area contributed by atoms with Gasteiger partial charge in [0.2, 0.25) is 0 Å². The maximum atomic E-state index is 10.5. The first kappa shape index (κ1) is 18.2. The summed E-state index contributed by atoms with van der Waals surface area (Å²) < 4.78 is 31.5. The van der Waals surface area contributed by atoms with Gasteiger partial charge in [-0.1, -0.05) is 19.3 Å². The summed E-state index contributed by atoms with van der Waals surface area (Å²) in [6, 6.07) is 0. The van der Waals surface area contributed by atoms with E-state index in [1.165, 1.54) is 6.92 Å². The second kappa shape index (κ2) is 8.96. The van der Waals surface area contributed by atoms with Gasteiger partial charge in [-0.15, -0.1) is 0 Å². The second-order valence-electron chi connectivity index (χ2n) is 3.79. The van der Waals surface area contributed by atoms with Crippen LogP contribution in [-0.4, -0.2) is 29.4 Å². The van der Waals surface area contributed by atoms with E-state index in [4.69, 9.17) is 5.11 Å². The van der Waals surface area contributed by atoms with Gasteiger partial charge in [0.15, 0.2) is 0 Å². The molecule has 0 saturated heterocycles. The van der Waals surface area contributed by atoms with Gasteiger partial charge in [-0.2, -0.15) is 0 Å². The van der Waals surface area contributed by atoms with Crippen LogP contribution in [0.5, 0.6) is 0 Å². The van der Waals surface area contributed by atoms with E-state index in [-0.39, 0.29) is 35.7 Å². The van der Waals surface area contributed by atoms with Crippen molar-refractivity contribution >= 4 is 10.1 Å². The van der Waals surface area contributed by atoms with Crippen LogP contribution in [0.3, 0.4) is 0 Å². The number of rotatable bonds is 7. The molecule has 1 N–H and O–H groups in total. The molecule has 0 aliphatic heterocycles. The maximum absolute atomic E-state index is 10.5. The predicted molar refractivity (Wildman–Crippen MR) is 53.9 cm³/mol. The second-order valence-corrected chi connectivity index (χ2v) is 5.58. The fourth-order valence-electron chi connectivity index (χ4n) is 1.19. The van der Waals surface area contributed by atoms with Crippen LogP contribution in [0, 0.1) is 0 Å². The first-order valence-corrected chi connectivity index (χ1v) is 6.44. The molecule has 0 aliphatic rings. The molecule has 0 spiro atoms. The van der Waals surface area contributed by atoms with Crippen LogP contribution >= 0.6 is 0 Å². The Morgan fingerprint density at radius 2 is 1.60 bits per heavy atom. The molecule has 0 rings (SSSR count). The van der Waals surface area contributed by atoms with Gasteiger partial charge in [0.25, 0.3) is 0 Å². The Morgan fingerprint density at radius 3 is 2.00 bits per heavy atom. The van der Waals surface area contributed by atoms with Gasteiger partial charge in [0.05, 0.1) is 16.2 Å². The van der Waals surface area contributed by atoms with Crippen molar-refractivity contribution in [1.82, 2.24) is 0 Å². The molecule has 0 aromatic rings. The van der Waals surface area contributed by atoms with E-state index in [0.717, 1.165) is 25.7 Å². The van der Waals surface area contributed by atoms with Gasteiger partial charge in [0, 0.05) is 5.25 Å². The first-order valence-electron chi connectivity index (χ1n) is 4.97. The van der Waals surface area contributed by atoms with E-state index < -0.39 is 15.4 Å². The molecule has 15 heavy (non-hydrogen) atoms. The Labute approximate surface area is 114 Å². The van der Waals surface area contributed by atoms with E-state index in [2.05, 4.69) is 0 Å². The summed E-state index contributed by atoms with van der Waals surface area (Å²) in [7, 11) is -4.11. The smallest absolute Gasteiger partial charge is 0.748 e. The molecule has 0 heterocycles. The minimum absolute atomic E-state index is 0. The molecule has 0 radical (unpaired) electrons. The number of hydrogen-bond donors (Lipinski definition) is 1. The average Bonchev–Trinajstić information content (AvgIpc) is 2.01. The van der Waals surface area contributed by atoms with Crippen molar-refractivity contribution in [2.24, 2.45) is 0 Å². The Bertz CT molecular complexity index is 238. The van der Waals surface area contributed by atoms with Gasteiger partial charge in [-0.25, -0.2) is 8.42 Å². The summed E-state index contributed by atoms with van der Waals surface area (Å²) in [5.74, 6) is 0. The number of aliphatic hydroxyl groups is 1. The van der Waals surface area contributed by atoms with Crippen LogP contribution in [0.25, 0.3) is 0 Å². The number of hydrogen-bond acceptors (Lipinski definition) is 4. The Morgan fingerprint density at radius 1 is 1.13 bits per heavy atom. The minimum atomic E-state index is -4.11. The summed E-state index contributed by atoms with van der Waals surface area (Å²) >= 11 is 0. The van der Waals surface area contributed by atoms with Crippen LogP contribution in [0.1, 0.15) is 46.0 Å². The van der Waals surface area contributed by atoms with Crippen LogP contribution in [0.4, 0.5) is 0 Å². The molecule has 0 aromatic heterocycles. The molecule has 86 valence electrons. The maximum Gasteiger partial charge on any atom is 1.00 e. The molecule has 2 atom stereocenters. The van der Waals surface area contributed by atoms with Gasteiger partial charge >= 0.3 is 29.6 Å². The summed E-state index contributed by atoms with van der Waals surface area (Å²) in [6.07, 6.45) is 3.34. The van der Waals surface area contributed by atoms with E-state index >= 15 is 0 Å². The average molecular weight is 246 g/mol. The van der Waals surface area contributed by atoms with Crippen LogP contribution in [-0.2, 0) is 10.1 Å². The molecule has 0 bridgehead atoms. The van der Waals surface area contributed by atoms with Gasteiger partial charge < -0.3 is 9.66 Å². The quantitative estimate of drug-likeness (QED) is 0.328. The zero-order chi connectivity index (χ0) is 11.2. The normalized spacial score (nSPS) is 15.5. The van der Waals surface area contributed by atoms with Gasteiger partial charge in [0.1, 0.15) is 0 Å². The third kappa shape index (κ3) is 11.1. The zero-order valence-corrected chi connectivity index (χ0v) is 12.6. The van der Waals surface area contributed by atoms with E-state index in [0.29, 0.717) is 6.42 Å². The molecule has 0 aliphatic carbocycles. The van der Waals surface area contributed by atoms with Crippen LogP contribution < -0.4 is 29.6 Å². The largest absolute Gasteiger partial charge is 1.00 e. The predicted octanol–water partition coefficient (Wildman–Crippen LogP) is -1.74. The summed E-state index contributed by atoms with van der Waals surface area (Å²) in [5, 5.41) is 8.16. The third-order valence-corrected chi connectivity index (χ3v) is 3.45. The molecular formula is C9H19NaO4S. The van der Waals surface area contributed by atoms with Gasteiger partial charge in [-0.3, -0.25) is 0 Å². The topological polar surface area (TPSA) is 77.4 Å². The molecule has 0 aromatic carbocycles. The fourth-order valence-corrected chi connectivity index (χ4v) is 1.65. The van der Waals surface area contributed by atoms with Crippen molar-refractivity contribution < 1.29 is 47.6 Å². The molecule has 6 heteroatoms. The third-order valence-electron chi connectivity index (χ3n) is 2.23. The van der Waals surface area contributed by atoms with E-state index in [1.807, 2.05) is 0 Å². The number of unbranched alkanes of at least 4 members (excludes halogenated alkanes) is 2. The van der Waals surface area contributed by atoms with Crippen molar-refractivity contribution in [3.63, 3.8) is 0 Å². The monoisotopic (exact) mass is 246 g/mol. The summed E-state index contributed by atoms with van der Waals surface area (Å²) in [6.45, 7) is 3.17. The Hall–Kier alpha value is 0.870. The van der Waals surface area contributed by atoms with Crippen molar-refractivity contribution in [3.8, 4) is 0 Å². The molecule has 0 saturated carbocycles. The molecule has 2 unspecified atom stereocenters. The van der Waals surface area contributed by atoms with Crippen LogP contribution in [0.15, 0.2) is 0 Å². The number of aliphatic hydroxyl groups excluding tert-OH is 1.